The summed E-state index contributed by atoms with van der Waals surface area (Å²) in [5.74, 6) is 1.22. The number of carbonyl (C=O) groups is 4. The fraction of sp³-hybridized carbons (Fsp3) is 0.574. The van der Waals surface area contributed by atoms with E-state index in [1.807, 2.05) is 84.9 Å². The molecule has 0 aliphatic heterocycles. The van der Waals surface area contributed by atoms with Gasteiger partial charge in [0, 0.05) is 30.5 Å². The van der Waals surface area contributed by atoms with Crippen LogP contribution < -0.4 is 10.6 Å². The number of aromatic nitrogens is 6. The van der Waals surface area contributed by atoms with E-state index in [-0.39, 0.29) is 18.4 Å². The first-order valence-corrected chi connectivity index (χ1v) is 21.5. The summed E-state index contributed by atoms with van der Waals surface area (Å²) in [6, 6.07) is 7.34. The van der Waals surface area contributed by atoms with E-state index in [4.69, 9.17) is 9.47 Å². The van der Waals surface area contributed by atoms with Crippen molar-refractivity contribution < 1.29 is 28.7 Å². The zero-order chi connectivity index (χ0) is 47.1. The Labute approximate surface area is 373 Å². The number of imidazole rings is 2. The summed E-state index contributed by atoms with van der Waals surface area (Å²) in [5, 5.41) is 6.00. The highest BCUT2D eigenvalue weighted by Crippen LogP contribution is 2.56. The molecule has 3 amide bonds. The first kappa shape index (κ1) is 50.0. The number of nitrogens with zero attached hydrogens (tertiary/aromatic N) is 6. The highest BCUT2D eigenvalue weighted by atomic mass is 16.6. The zero-order valence-electron chi connectivity index (χ0n) is 40.0. The molecule has 2 fully saturated rings. The molecule has 3 aromatic heterocycles. The second-order valence-corrected chi connectivity index (χ2v) is 20.0. The molecule has 63 heavy (non-hydrogen) atoms. The number of amides is 3. The fourth-order valence-corrected chi connectivity index (χ4v) is 6.55. The Hall–Kier alpha value is -5.64. The van der Waals surface area contributed by atoms with Gasteiger partial charge < -0.3 is 39.9 Å². The molecule has 4 aromatic rings. The van der Waals surface area contributed by atoms with Gasteiger partial charge in [-0.2, -0.15) is 0 Å². The van der Waals surface area contributed by atoms with E-state index < -0.39 is 39.6 Å². The monoisotopic (exact) mass is 871 g/mol. The molecule has 2 aliphatic carbocycles. The van der Waals surface area contributed by atoms with Crippen LogP contribution in [0.3, 0.4) is 0 Å². The van der Waals surface area contributed by atoms with Gasteiger partial charge in [-0.05, 0) is 77.6 Å². The number of hydrogen-bond acceptors (Lipinski definition) is 11. The van der Waals surface area contributed by atoms with E-state index in [9.17, 15) is 19.2 Å². The number of rotatable bonds is 14. The maximum Gasteiger partial charge on any atom is 0.410 e. The Balaban J connectivity index is 0.00000100. The zero-order valence-corrected chi connectivity index (χ0v) is 40.0. The summed E-state index contributed by atoms with van der Waals surface area (Å²) in [7, 11) is 9.16. The van der Waals surface area contributed by atoms with Gasteiger partial charge in [-0.3, -0.25) is 24.4 Å². The predicted octanol–water partition coefficient (Wildman–Crippen LogP) is 7.57. The van der Waals surface area contributed by atoms with Crippen LogP contribution in [0.15, 0.2) is 49.1 Å². The van der Waals surface area contributed by atoms with Gasteiger partial charge in [-0.15, -0.1) is 0 Å². The van der Waals surface area contributed by atoms with E-state index >= 15 is 0 Å². The predicted molar refractivity (Wildman–Crippen MR) is 244 cm³/mol. The Kier molecular flexibility index (Phi) is 15.7. The summed E-state index contributed by atoms with van der Waals surface area (Å²) in [6.45, 7) is 20.3. The first-order chi connectivity index (χ1) is 29.3. The van der Waals surface area contributed by atoms with E-state index in [0.29, 0.717) is 35.2 Å². The van der Waals surface area contributed by atoms with Crippen LogP contribution in [0.5, 0.6) is 0 Å². The minimum atomic E-state index is -1.31. The molecule has 16 nitrogen and oxygen atoms in total. The van der Waals surface area contributed by atoms with Gasteiger partial charge >= 0.3 is 6.09 Å². The standard InChI is InChI=1S/C40H51N9O6.C4H10.C3H9N/c1-36(2,3)31(48-34(52)39(6,54-23-50)37(4)14-15-37)32-44-19-27(47-32)25-12-10-24(11-13-25)26-18-42-28(20-41-26)29-21-43-30(46-29)22-45-33(51)40(7,38(5)16-17-38)55-35(53)49(8)9;2*1-4(2)3/h10-13,18-21,23,31H,14-17,22H2,1-9H3,(H,43,46)(H,44,47)(H,45,51)(H,48,52);4H,1-3H3;1-3H3. The third-order valence-electron chi connectivity index (χ3n) is 11.6. The Bertz CT molecular complexity index is 2150. The van der Waals surface area contributed by atoms with Crippen LogP contribution >= 0.6 is 0 Å². The first-order valence-electron chi connectivity index (χ1n) is 21.5. The van der Waals surface area contributed by atoms with Crippen molar-refractivity contribution in [2.24, 2.45) is 22.2 Å². The minimum Gasteiger partial charge on any atom is -0.451 e. The normalized spacial score (nSPS) is 17.0. The van der Waals surface area contributed by atoms with Gasteiger partial charge in [0.15, 0.2) is 11.2 Å². The molecule has 2 aliphatic rings. The van der Waals surface area contributed by atoms with Crippen molar-refractivity contribution in [1.29, 1.82) is 0 Å². The Morgan fingerprint density at radius 1 is 0.746 bits per heavy atom. The van der Waals surface area contributed by atoms with Crippen molar-refractivity contribution in [1.82, 2.24) is 50.3 Å². The van der Waals surface area contributed by atoms with Crippen LogP contribution in [0, 0.1) is 22.2 Å². The molecule has 0 bridgehead atoms. The fourth-order valence-electron chi connectivity index (χ4n) is 6.55. The van der Waals surface area contributed by atoms with Crippen LogP contribution in [0.4, 0.5) is 4.79 Å². The van der Waals surface area contributed by atoms with Crippen LogP contribution in [0.2, 0.25) is 0 Å². The highest BCUT2D eigenvalue weighted by molar-refractivity contribution is 5.89. The van der Waals surface area contributed by atoms with Crippen molar-refractivity contribution in [3.8, 4) is 33.9 Å². The molecule has 6 rings (SSSR count). The summed E-state index contributed by atoms with van der Waals surface area (Å²) < 4.78 is 11.1. The van der Waals surface area contributed by atoms with E-state index in [1.54, 1.807) is 52.7 Å². The van der Waals surface area contributed by atoms with Gasteiger partial charge in [0.1, 0.15) is 17.3 Å². The topological polar surface area (TPSA) is 200 Å². The number of nitrogens with one attached hydrogen (secondary N) is 4. The smallest absolute Gasteiger partial charge is 0.410 e. The third-order valence-corrected chi connectivity index (χ3v) is 11.6. The average Bonchev–Trinajstić information content (AvgIpc) is 4.01. The van der Waals surface area contributed by atoms with E-state index in [2.05, 4.69) is 61.3 Å². The highest BCUT2D eigenvalue weighted by Gasteiger charge is 2.61. The third kappa shape index (κ3) is 12.3. The van der Waals surface area contributed by atoms with Crippen molar-refractivity contribution in [2.45, 2.75) is 119 Å². The molecule has 3 atom stereocenters. The molecule has 344 valence electrons. The molecule has 3 unspecified atom stereocenters. The van der Waals surface area contributed by atoms with Gasteiger partial charge in [-0.25, -0.2) is 14.8 Å². The molecule has 2 saturated carbocycles. The summed E-state index contributed by atoms with van der Waals surface area (Å²) in [6.07, 6.45) is 9.31. The van der Waals surface area contributed by atoms with Crippen LogP contribution in [-0.2, 0) is 30.4 Å². The second kappa shape index (κ2) is 19.8. The van der Waals surface area contributed by atoms with Gasteiger partial charge in [0.25, 0.3) is 18.3 Å². The Morgan fingerprint density at radius 2 is 1.25 bits per heavy atom. The Morgan fingerprint density at radius 3 is 1.75 bits per heavy atom. The van der Waals surface area contributed by atoms with Crippen molar-refractivity contribution in [3.05, 3.63) is 60.7 Å². The molecular weight excluding hydrogens is 801 g/mol. The van der Waals surface area contributed by atoms with E-state index in [1.165, 1.54) is 4.90 Å². The van der Waals surface area contributed by atoms with Gasteiger partial charge in [0.2, 0.25) is 0 Å². The maximum atomic E-state index is 13.6. The summed E-state index contributed by atoms with van der Waals surface area (Å²) >= 11 is 0. The lowest BCUT2D eigenvalue weighted by molar-refractivity contribution is -0.164. The van der Waals surface area contributed by atoms with Crippen LogP contribution in [-0.4, -0.2) is 111 Å². The molecule has 4 N–H and O–H groups in total. The molecule has 0 saturated heterocycles. The number of aromatic amines is 2. The number of hydrogen-bond donors (Lipinski definition) is 4. The summed E-state index contributed by atoms with van der Waals surface area (Å²) in [5.41, 5.74) is 0.582. The number of benzene rings is 1. The number of H-pyrrole nitrogens is 2. The molecule has 1 aromatic carbocycles. The summed E-state index contributed by atoms with van der Waals surface area (Å²) in [4.78, 5) is 78.8. The minimum absolute atomic E-state index is 0.112. The maximum absolute atomic E-state index is 13.6. The van der Waals surface area contributed by atoms with Crippen molar-refractivity contribution in [3.63, 3.8) is 0 Å². The SMILES string of the molecule is CC(C)C.CN(C)C.CN(C)C(=O)OC(C)(C(=O)NCc1ncc(-c2cnc(-c3ccc(-c4cnc(C(NC(=O)C(C)(OC=O)C5(C)CC5)C(C)(C)C)[nH]4)cc3)cn2)[nH]1)C1(C)CC1. The molecule has 3 heterocycles. The largest absolute Gasteiger partial charge is 0.451 e. The average molecular weight is 871 g/mol. The number of ether oxygens (including phenoxy) is 2. The molecular formula is C47H70N10O6. The second-order valence-electron chi connectivity index (χ2n) is 20.0. The van der Waals surface area contributed by atoms with Crippen LogP contribution in [0.25, 0.3) is 33.9 Å². The lowest BCUT2D eigenvalue weighted by Gasteiger charge is -2.37. The quantitative estimate of drug-likeness (QED) is 0.0911. The molecule has 0 radical (unpaired) electrons. The van der Waals surface area contributed by atoms with E-state index in [0.717, 1.165) is 48.4 Å². The van der Waals surface area contributed by atoms with Crippen molar-refractivity contribution >= 4 is 24.4 Å². The van der Waals surface area contributed by atoms with Crippen LogP contribution in [0.1, 0.15) is 113 Å². The lowest BCUT2D eigenvalue weighted by atomic mass is 9.83. The molecule has 16 heteroatoms. The van der Waals surface area contributed by atoms with Gasteiger partial charge in [-0.1, -0.05) is 79.7 Å². The molecule has 0 spiro atoms. The lowest BCUT2D eigenvalue weighted by Crippen LogP contribution is -2.54. The van der Waals surface area contributed by atoms with Gasteiger partial charge in [0.05, 0.1) is 54.5 Å². The number of carbonyl (C=O) groups excluding carboxylic acids is 4. The van der Waals surface area contributed by atoms with Crippen molar-refractivity contribution in [2.75, 3.05) is 35.2 Å².